The standard InChI is InChI=1S/C66H102O33/c67-24-42-50(76)54(80)59(85)66(96-42)95-41-23-36-37(71)21-35(91-63-58(84)55(81)51(77)43(97-63)25-88-46(72)16-7-28-1-10-32(68)11-2-28)22-38(36)92-62(41)31-19-39(93-64-60(86)56(82)52(78)44(98-64)26-89-47(73)17-8-29-3-12-33(69)13-4-29)49(75)40(20-31)94-65-61(87)57(83)53(79)45(99-65)27-90-48(74)18-9-30-5-14-34(70)15-6-30/h7-9,16-18,28-45,49-71,75-87H,1-6,10-15,19-27H2/p+1. The summed E-state index contributed by atoms with van der Waals surface area (Å²) >= 11 is 0. The molecule has 0 bridgehead atoms. The second-order valence-corrected chi connectivity index (χ2v) is 28.6. The maximum absolute atomic E-state index is 13.0. The quantitative estimate of drug-likeness (QED) is 0.0208. The molecule has 5 heterocycles. The lowest BCUT2D eigenvalue weighted by molar-refractivity contribution is -0.369. The molecule has 0 amide bonds. The summed E-state index contributed by atoms with van der Waals surface area (Å²) < 4.78 is 70.7. The van der Waals surface area contributed by atoms with Crippen LogP contribution in [-0.4, -0.2) is 331 Å². The van der Waals surface area contributed by atoms with Crippen molar-refractivity contribution in [3.8, 4) is 0 Å². The van der Waals surface area contributed by atoms with E-state index >= 15 is 0 Å². The van der Waals surface area contributed by atoms with Crippen molar-refractivity contribution in [2.24, 2.45) is 29.6 Å². The molecule has 5 saturated heterocycles. The van der Waals surface area contributed by atoms with Crippen LogP contribution < -0.4 is 0 Å². The molecule has 99 heavy (non-hydrogen) atoms. The summed E-state index contributed by atoms with van der Waals surface area (Å²) in [6.07, 6.45) is -34.0. The second kappa shape index (κ2) is 35.6. The van der Waals surface area contributed by atoms with Gasteiger partial charge in [-0.3, -0.25) is 0 Å². The number of hydrogen-bond donors (Lipinski definition) is 18. The van der Waals surface area contributed by atoms with Crippen LogP contribution in [0.4, 0.5) is 0 Å². The Hall–Kier alpha value is -3.45. The number of rotatable bonds is 22. The summed E-state index contributed by atoms with van der Waals surface area (Å²) in [4.78, 5) is 38.8. The van der Waals surface area contributed by atoms with Gasteiger partial charge in [0.05, 0.1) is 55.3 Å². The normalized spacial score (nSPS) is 47.9. The first-order valence-electron chi connectivity index (χ1n) is 34.9. The maximum atomic E-state index is 13.0. The van der Waals surface area contributed by atoms with E-state index in [4.69, 9.17) is 56.8 Å². The van der Waals surface area contributed by atoms with E-state index in [1.54, 1.807) is 18.2 Å². The van der Waals surface area contributed by atoms with E-state index in [1.807, 2.05) is 0 Å². The van der Waals surface area contributed by atoms with Crippen molar-refractivity contribution in [2.75, 3.05) is 26.4 Å². The van der Waals surface area contributed by atoms with Gasteiger partial charge in [0.15, 0.2) is 37.4 Å². The van der Waals surface area contributed by atoms with Crippen LogP contribution in [0, 0.1) is 29.6 Å². The van der Waals surface area contributed by atoms with Crippen molar-refractivity contribution in [3.63, 3.8) is 0 Å². The van der Waals surface area contributed by atoms with Gasteiger partial charge < -0.3 is 149 Å². The molecule has 5 aliphatic heterocycles. The highest BCUT2D eigenvalue weighted by Crippen LogP contribution is 2.46. The first-order valence-corrected chi connectivity index (χ1v) is 34.9. The Morgan fingerprint density at radius 3 is 1.06 bits per heavy atom. The van der Waals surface area contributed by atoms with Crippen molar-refractivity contribution >= 4 is 17.9 Å². The number of aliphatic hydroxyl groups excluding tert-OH is 18. The minimum atomic E-state index is -2.07. The van der Waals surface area contributed by atoms with Gasteiger partial charge in [-0.2, -0.15) is 0 Å². The van der Waals surface area contributed by atoms with Crippen LogP contribution in [-0.2, 0) is 66.5 Å². The molecular weight excluding hydrogens is 1320 g/mol. The van der Waals surface area contributed by atoms with Gasteiger partial charge in [0, 0.05) is 37.0 Å². The van der Waals surface area contributed by atoms with Crippen molar-refractivity contribution in [1.82, 2.24) is 0 Å². The number of hydrogen-bond acceptors (Lipinski definition) is 32. The van der Waals surface area contributed by atoms with Gasteiger partial charge >= 0.3 is 17.9 Å². The van der Waals surface area contributed by atoms with Gasteiger partial charge in [-0.05, 0) is 114 Å². The number of ether oxygens (including phenoxy) is 12. The van der Waals surface area contributed by atoms with Crippen LogP contribution in [0.1, 0.15) is 109 Å². The van der Waals surface area contributed by atoms with Gasteiger partial charge in [0.2, 0.25) is 0 Å². The molecule has 10 fully saturated rings. The van der Waals surface area contributed by atoms with Gasteiger partial charge in [-0.15, -0.1) is 0 Å². The van der Waals surface area contributed by atoms with Crippen molar-refractivity contribution < 1.29 is 163 Å². The van der Waals surface area contributed by atoms with Crippen LogP contribution >= 0.6 is 0 Å². The highest BCUT2D eigenvalue weighted by molar-refractivity contribution is 5.82. The number of aliphatic hydroxyl groups is 20. The molecule has 0 aromatic carbocycles. The third-order valence-electron chi connectivity index (χ3n) is 21.6. The fourth-order valence-electron chi connectivity index (χ4n) is 15.4. The zero-order chi connectivity index (χ0) is 71.1. The molecule has 5 aliphatic carbocycles. The summed E-state index contributed by atoms with van der Waals surface area (Å²) in [7, 11) is 0. The second-order valence-electron chi connectivity index (χ2n) is 28.6. The molecule has 5 saturated carbocycles. The molecule has 0 aromatic rings. The average Bonchev–Trinajstić information content (AvgIpc) is 0.762. The summed E-state index contributed by atoms with van der Waals surface area (Å²) in [6.45, 7) is -2.80. The highest BCUT2D eigenvalue weighted by atomic mass is 16.7. The maximum Gasteiger partial charge on any atom is 0.330 e. The van der Waals surface area contributed by atoms with E-state index in [0.717, 1.165) is 0 Å². The fourth-order valence-corrected chi connectivity index (χ4v) is 15.4. The van der Waals surface area contributed by atoms with Gasteiger partial charge in [-0.1, -0.05) is 18.2 Å². The van der Waals surface area contributed by atoms with E-state index in [9.17, 15) is 106 Å². The first-order chi connectivity index (χ1) is 47.2. The van der Waals surface area contributed by atoms with E-state index in [1.165, 1.54) is 18.2 Å². The zero-order valence-corrected chi connectivity index (χ0v) is 54.8. The minimum Gasteiger partial charge on any atom is -0.460 e. The number of allylic oxidation sites excluding steroid dienone is 3. The summed E-state index contributed by atoms with van der Waals surface area (Å²) in [6, 6.07) is 0. The molecule has 28 unspecified atom stereocenters. The molecule has 19 N–H and O–H groups in total. The molecular formula is C66H103O33+. The summed E-state index contributed by atoms with van der Waals surface area (Å²) in [5.74, 6) is -4.33. The minimum absolute atomic E-state index is 0.0159. The lowest BCUT2D eigenvalue weighted by atomic mass is 9.72. The van der Waals surface area contributed by atoms with Crippen molar-refractivity contribution in [3.05, 3.63) is 36.5 Å². The number of carbonyl (C=O) groups is 3. The molecule has 0 radical (unpaired) electrons. The Morgan fingerprint density at radius 2 is 0.697 bits per heavy atom. The monoisotopic (exact) mass is 1420 g/mol. The number of fused-ring (bicyclic) bond motifs is 1. The number of esters is 3. The molecule has 33 heteroatoms. The fraction of sp³-hybridized carbons (Fsp3) is 0.864. The van der Waals surface area contributed by atoms with E-state index in [-0.39, 0.29) is 49.9 Å². The smallest absolute Gasteiger partial charge is 0.330 e. The predicted molar refractivity (Wildman–Crippen MR) is 329 cm³/mol. The lowest BCUT2D eigenvalue weighted by Gasteiger charge is -2.51. The largest absolute Gasteiger partial charge is 0.460 e. The third-order valence-corrected chi connectivity index (χ3v) is 21.6. The first kappa shape index (κ1) is 78.1. The van der Waals surface area contributed by atoms with Crippen LogP contribution in [0.15, 0.2) is 36.5 Å². The third kappa shape index (κ3) is 19.7. The van der Waals surface area contributed by atoms with Gasteiger partial charge in [0.1, 0.15) is 130 Å². The van der Waals surface area contributed by atoms with E-state index in [2.05, 4.69) is 0 Å². The van der Waals surface area contributed by atoms with Gasteiger partial charge in [-0.25, -0.2) is 14.4 Å². The lowest BCUT2D eigenvalue weighted by Crippen LogP contribution is -2.65. The van der Waals surface area contributed by atoms with Crippen LogP contribution in [0.2, 0.25) is 0 Å². The van der Waals surface area contributed by atoms with E-state index in [0.29, 0.717) is 77.0 Å². The molecule has 28 atom stereocenters. The van der Waals surface area contributed by atoms with Crippen LogP contribution in [0.3, 0.4) is 0 Å². The number of carbonyl (C=O) groups excluding carboxylic acids is 3. The zero-order valence-electron chi connectivity index (χ0n) is 54.8. The van der Waals surface area contributed by atoms with E-state index < -0.39 is 246 Å². The Morgan fingerprint density at radius 1 is 0.364 bits per heavy atom. The van der Waals surface area contributed by atoms with Crippen molar-refractivity contribution in [1.29, 1.82) is 0 Å². The van der Waals surface area contributed by atoms with Crippen LogP contribution in [0.25, 0.3) is 0 Å². The molecule has 564 valence electrons. The SMILES string of the molecule is O=C(C=CC1CCC(O)CC1)OCC1OC(OC2CC(O)C3CC(OC4OC(CO)C(O)C(O)C4O)C(C4CC(OC5OC(COC(=O)C=CC6CCC(O)CC6)C(O)C(O)C5O)C(O)C(OC5OC(COC(=O)C=CC6CCC(O)CC6)C(O)C(O)C5O)C4)[OH+]C3C2)C(O)C(O)C1O. The Kier molecular flexibility index (Phi) is 28.1. The molecule has 0 aromatic heterocycles. The molecule has 33 nitrogen and oxygen atoms in total. The molecule has 10 rings (SSSR count). The van der Waals surface area contributed by atoms with Crippen LogP contribution in [0.5, 0.6) is 0 Å². The average molecular weight is 1420 g/mol. The summed E-state index contributed by atoms with van der Waals surface area (Å²) in [5, 5.41) is 199. The molecule has 0 spiro atoms. The Labute approximate surface area is 570 Å². The predicted octanol–water partition coefficient (Wildman–Crippen LogP) is -6.09. The summed E-state index contributed by atoms with van der Waals surface area (Å²) in [5.41, 5.74) is 0. The highest BCUT2D eigenvalue weighted by Gasteiger charge is 2.59. The topological polar surface area (TPSA) is 530 Å². The Balaban J connectivity index is 0.898. The Bertz CT molecular complexity index is 2540. The van der Waals surface area contributed by atoms with Gasteiger partial charge in [0.25, 0.3) is 0 Å². The molecule has 10 aliphatic rings. The van der Waals surface area contributed by atoms with Crippen molar-refractivity contribution in [2.45, 2.75) is 299 Å².